The van der Waals surface area contributed by atoms with Gasteiger partial charge in [0.25, 0.3) is 0 Å². The summed E-state index contributed by atoms with van der Waals surface area (Å²) in [7, 11) is 0. The largest absolute Gasteiger partial charge is 0.510 e. The van der Waals surface area contributed by atoms with Crippen molar-refractivity contribution in [1.29, 1.82) is 0 Å². The number of phenols is 1. The highest BCUT2D eigenvalue weighted by atomic mass is 35.5. The van der Waals surface area contributed by atoms with Gasteiger partial charge in [0.15, 0.2) is 0 Å². The zero-order valence-electron chi connectivity index (χ0n) is 13.8. The summed E-state index contributed by atoms with van der Waals surface area (Å²) >= 11 is 7.52. The van der Waals surface area contributed by atoms with Crippen molar-refractivity contribution >= 4 is 40.8 Å². The van der Waals surface area contributed by atoms with Crippen molar-refractivity contribution in [3.8, 4) is 5.75 Å². The second-order valence-corrected chi connectivity index (χ2v) is 6.39. The molecule has 2 rings (SSSR count). The average Bonchev–Trinajstić information content (AvgIpc) is 2.60. The Bertz CT molecular complexity index is 787. The quantitative estimate of drug-likeness (QED) is 0.338. The third-order valence-electron chi connectivity index (χ3n) is 3.45. The standard InChI is InChI=1S/C18H19ClN2O3S/c1-11(22)17(16-9-14(23)6-3-12(16)10-19)21-18(24)20-13-4-7-15(25-2)8-5-13/h3-9,22-23H,10H2,1-2H3,(H2,20,21,24)/b17-11-. The van der Waals surface area contributed by atoms with Gasteiger partial charge < -0.3 is 20.8 Å². The van der Waals surface area contributed by atoms with Crippen molar-refractivity contribution in [2.24, 2.45) is 0 Å². The fraction of sp³-hybridized carbons (Fsp3) is 0.167. The number of urea groups is 1. The van der Waals surface area contributed by atoms with Gasteiger partial charge in [0.05, 0.1) is 5.70 Å². The lowest BCUT2D eigenvalue weighted by Gasteiger charge is -2.15. The fourth-order valence-electron chi connectivity index (χ4n) is 2.22. The Balaban J connectivity index is 2.21. The van der Waals surface area contributed by atoms with Crippen LogP contribution in [0, 0.1) is 0 Å². The first kappa shape index (κ1) is 19.0. The first-order valence-corrected chi connectivity index (χ1v) is 9.20. The first-order chi connectivity index (χ1) is 11.9. The zero-order valence-corrected chi connectivity index (χ0v) is 15.4. The molecule has 0 atom stereocenters. The predicted octanol–water partition coefficient (Wildman–Crippen LogP) is 4.92. The van der Waals surface area contributed by atoms with Crippen molar-refractivity contribution < 1.29 is 15.0 Å². The maximum Gasteiger partial charge on any atom is 0.323 e. The number of amides is 2. The van der Waals surface area contributed by atoms with Gasteiger partial charge in [0.2, 0.25) is 0 Å². The Labute approximate surface area is 155 Å². The Kier molecular flexibility index (Phi) is 6.61. The van der Waals surface area contributed by atoms with E-state index in [1.807, 2.05) is 18.4 Å². The number of rotatable bonds is 5. The van der Waals surface area contributed by atoms with Gasteiger partial charge in [0.1, 0.15) is 11.5 Å². The van der Waals surface area contributed by atoms with Gasteiger partial charge in [-0.3, -0.25) is 0 Å². The molecule has 7 heteroatoms. The molecule has 2 aromatic carbocycles. The molecule has 0 unspecified atom stereocenters. The van der Waals surface area contributed by atoms with E-state index in [0.717, 1.165) is 4.90 Å². The Morgan fingerprint density at radius 3 is 2.44 bits per heavy atom. The van der Waals surface area contributed by atoms with Gasteiger partial charge >= 0.3 is 6.03 Å². The summed E-state index contributed by atoms with van der Waals surface area (Å²) in [4.78, 5) is 13.4. The van der Waals surface area contributed by atoms with Crippen LogP contribution in [0.5, 0.6) is 5.75 Å². The fourth-order valence-corrected chi connectivity index (χ4v) is 2.86. The minimum absolute atomic E-state index is 0.0116. The monoisotopic (exact) mass is 378 g/mol. The van der Waals surface area contributed by atoms with Crippen molar-refractivity contribution in [2.45, 2.75) is 17.7 Å². The van der Waals surface area contributed by atoms with E-state index in [-0.39, 0.29) is 23.1 Å². The second-order valence-electron chi connectivity index (χ2n) is 5.24. The molecule has 0 aromatic heterocycles. The minimum Gasteiger partial charge on any atom is -0.510 e. The van der Waals surface area contributed by atoms with Crippen LogP contribution in [0.25, 0.3) is 5.70 Å². The number of alkyl halides is 1. The van der Waals surface area contributed by atoms with Gasteiger partial charge in [0, 0.05) is 22.0 Å². The van der Waals surface area contributed by atoms with Crippen molar-refractivity contribution in [1.82, 2.24) is 5.32 Å². The number of carbonyl (C=O) groups is 1. The molecular weight excluding hydrogens is 360 g/mol. The number of aromatic hydroxyl groups is 1. The lowest BCUT2D eigenvalue weighted by molar-refractivity contribution is 0.255. The SMILES string of the molecule is CSc1ccc(NC(=O)N/C(=C(/C)O)c2cc(O)ccc2CCl)cc1. The lowest BCUT2D eigenvalue weighted by atomic mass is 10.0. The number of carbonyl (C=O) groups excluding carboxylic acids is 1. The maximum absolute atomic E-state index is 12.3. The Morgan fingerprint density at radius 2 is 1.88 bits per heavy atom. The van der Waals surface area contributed by atoms with E-state index in [2.05, 4.69) is 10.6 Å². The smallest absolute Gasteiger partial charge is 0.323 e. The van der Waals surface area contributed by atoms with Crippen molar-refractivity contribution in [2.75, 3.05) is 11.6 Å². The number of allylic oxidation sites excluding steroid dienone is 1. The number of halogens is 1. The molecule has 0 aliphatic heterocycles. The van der Waals surface area contributed by atoms with Crippen molar-refractivity contribution in [3.05, 3.63) is 59.4 Å². The third-order valence-corrected chi connectivity index (χ3v) is 4.49. The first-order valence-electron chi connectivity index (χ1n) is 7.44. The van der Waals surface area contributed by atoms with Gasteiger partial charge in [-0.2, -0.15) is 0 Å². The summed E-state index contributed by atoms with van der Waals surface area (Å²) in [5.41, 5.74) is 1.94. The van der Waals surface area contributed by atoms with E-state index in [9.17, 15) is 15.0 Å². The van der Waals surface area contributed by atoms with Gasteiger partial charge in [-0.05, 0) is 55.1 Å². The van der Waals surface area contributed by atoms with Crippen LogP contribution in [-0.4, -0.2) is 22.5 Å². The van der Waals surface area contributed by atoms with Crippen LogP contribution >= 0.6 is 23.4 Å². The van der Waals surface area contributed by atoms with Gasteiger partial charge in [-0.15, -0.1) is 23.4 Å². The van der Waals surface area contributed by atoms with Gasteiger partial charge in [-0.1, -0.05) is 6.07 Å². The van der Waals surface area contributed by atoms with Crippen LogP contribution < -0.4 is 10.6 Å². The number of hydrogen-bond donors (Lipinski definition) is 4. The molecule has 0 spiro atoms. The molecule has 0 fully saturated rings. The van der Waals surface area contributed by atoms with E-state index < -0.39 is 6.03 Å². The molecule has 2 amide bonds. The van der Waals surface area contributed by atoms with E-state index >= 15 is 0 Å². The molecule has 0 saturated carbocycles. The predicted molar refractivity (Wildman–Crippen MR) is 103 cm³/mol. The summed E-state index contributed by atoms with van der Waals surface area (Å²) in [5, 5.41) is 25.0. The van der Waals surface area contributed by atoms with Crippen molar-refractivity contribution in [3.63, 3.8) is 0 Å². The van der Waals surface area contributed by atoms with Crippen LogP contribution in [0.3, 0.4) is 0 Å². The minimum atomic E-state index is -0.510. The van der Waals surface area contributed by atoms with E-state index in [4.69, 9.17) is 11.6 Å². The molecule has 0 heterocycles. The Morgan fingerprint density at radius 1 is 1.20 bits per heavy atom. The summed E-state index contributed by atoms with van der Waals surface area (Å²) in [6.45, 7) is 1.45. The molecule has 0 aliphatic carbocycles. The molecule has 5 nitrogen and oxygen atoms in total. The molecule has 0 saturated heterocycles. The van der Waals surface area contributed by atoms with Crippen LogP contribution in [0.1, 0.15) is 18.1 Å². The highest BCUT2D eigenvalue weighted by Gasteiger charge is 2.15. The summed E-state index contributed by atoms with van der Waals surface area (Å²) < 4.78 is 0. The summed E-state index contributed by atoms with van der Waals surface area (Å²) in [6.07, 6.45) is 1.97. The molecule has 0 aliphatic rings. The van der Waals surface area contributed by atoms with Crippen LogP contribution in [-0.2, 0) is 5.88 Å². The number of nitrogens with one attached hydrogen (secondary N) is 2. The lowest BCUT2D eigenvalue weighted by Crippen LogP contribution is -2.28. The number of aliphatic hydroxyl groups excluding tert-OH is 1. The topological polar surface area (TPSA) is 81.6 Å². The molecule has 4 N–H and O–H groups in total. The second kappa shape index (κ2) is 8.69. The number of thioether (sulfide) groups is 1. The van der Waals surface area contributed by atoms with E-state index in [1.54, 1.807) is 30.0 Å². The van der Waals surface area contributed by atoms with Crippen LogP contribution in [0.15, 0.2) is 53.1 Å². The highest BCUT2D eigenvalue weighted by Crippen LogP contribution is 2.26. The van der Waals surface area contributed by atoms with Gasteiger partial charge in [-0.25, -0.2) is 4.79 Å². The molecule has 0 bridgehead atoms. The summed E-state index contributed by atoms with van der Waals surface area (Å²) in [5.74, 6) is 0.0913. The van der Waals surface area contributed by atoms with Crippen LogP contribution in [0.4, 0.5) is 10.5 Å². The van der Waals surface area contributed by atoms with Crippen LogP contribution in [0.2, 0.25) is 0 Å². The number of benzene rings is 2. The Hall–Kier alpha value is -2.31. The number of hydrogen-bond acceptors (Lipinski definition) is 4. The highest BCUT2D eigenvalue weighted by molar-refractivity contribution is 7.98. The molecule has 25 heavy (non-hydrogen) atoms. The zero-order chi connectivity index (χ0) is 18.4. The molecule has 0 radical (unpaired) electrons. The van der Waals surface area contributed by atoms with E-state index in [0.29, 0.717) is 16.8 Å². The summed E-state index contributed by atoms with van der Waals surface area (Å²) in [6, 6.07) is 11.5. The molecule has 132 valence electrons. The number of anilines is 1. The number of phenolic OH excluding ortho intramolecular Hbond substituents is 1. The normalized spacial score (nSPS) is 11.6. The third kappa shape index (κ3) is 5.08. The maximum atomic E-state index is 12.3. The molecule has 2 aromatic rings. The van der Waals surface area contributed by atoms with E-state index in [1.165, 1.54) is 19.1 Å². The average molecular weight is 379 g/mol. The number of aliphatic hydroxyl groups is 1. The molecular formula is C18H19ClN2O3S.